The largest absolute Gasteiger partial charge is 0.506 e. The van der Waals surface area contributed by atoms with Crippen LogP contribution < -0.4 is 5.43 Å². The van der Waals surface area contributed by atoms with Crippen molar-refractivity contribution in [3.8, 4) is 5.75 Å². The number of nitrogens with zero attached hydrogens (tertiary/aromatic N) is 1. The molecule has 1 aromatic rings. The number of phenols is 1. The number of anilines is 1. The molecule has 1 aromatic carbocycles. The lowest BCUT2D eigenvalue weighted by Gasteiger charge is -2.07. The van der Waals surface area contributed by atoms with Crippen molar-refractivity contribution >= 4 is 17.1 Å². The molecule has 4 nitrogen and oxygen atoms in total. The molecule has 0 fully saturated rings. The summed E-state index contributed by atoms with van der Waals surface area (Å²) in [6.45, 7) is 1.90. The minimum Gasteiger partial charge on any atom is -0.506 e. The molecule has 1 aliphatic carbocycles. The Kier molecular flexibility index (Phi) is 3.05. The number of aromatic hydroxyl groups is 1. The van der Waals surface area contributed by atoms with Gasteiger partial charge in [0, 0.05) is 0 Å². The van der Waals surface area contributed by atoms with E-state index in [9.17, 15) is 5.11 Å². The van der Waals surface area contributed by atoms with Crippen LogP contribution in [0.1, 0.15) is 5.56 Å². The molecule has 3 N–H and O–H groups in total. The summed E-state index contributed by atoms with van der Waals surface area (Å²) in [6.07, 6.45) is 6.99. The van der Waals surface area contributed by atoms with Crippen LogP contribution >= 0.6 is 0 Å². The molecule has 0 bridgehead atoms. The van der Waals surface area contributed by atoms with E-state index in [2.05, 4.69) is 10.5 Å². The molecule has 4 heteroatoms. The summed E-state index contributed by atoms with van der Waals surface area (Å²) in [5.41, 5.74) is 5.13. The molecule has 86 valence electrons. The number of allylic oxidation sites excluding steroid dienone is 4. The van der Waals surface area contributed by atoms with Crippen LogP contribution in [0.15, 0.2) is 47.6 Å². The van der Waals surface area contributed by atoms with Crippen molar-refractivity contribution < 1.29 is 5.11 Å². The second kappa shape index (κ2) is 4.65. The van der Waals surface area contributed by atoms with E-state index in [0.29, 0.717) is 17.1 Å². The molecule has 0 aromatic heterocycles. The summed E-state index contributed by atoms with van der Waals surface area (Å²) in [5.74, 6) is 0.149. The van der Waals surface area contributed by atoms with E-state index in [1.165, 1.54) is 0 Å². The first kappa shape index (κ1) is 11.1. The Labute approximate surface area is 99.5 Å². The van der Waals surface area contributed by atoms with Crippen LogP contribution in [0.4, 0.5) is 5.69 Å². The lowest BCUT2D eigenvalue weighted by Crippen LogP contribution is -2.11. The van der Waals surface area contributed by atoms with Crippen molar-refractivity contribution in [1.82, 2.24) is 0 Å². The first-order valence-corrected chi connectivity index (χ1v) is 5.24. The highest BCUT2D eigenvalue weighted by Gasteiger charge is 2.04. The van der Waals surface area contributed by atoms with Gasteiger partial charge in [0.1, 0.15) is 11.5 Å². The molecule has 0 heterocycles. The number of hydrogen-bond donors (Lipinski definition) is 3. The van der Waals surface area contributed by atoms with Crippen LogP contribution in [0.2, 0.25) is 0 Å². The molecule has 0 amide bonds. The zero-order valence-corrected chi connectivity index (χ0v) is 9.44. The maximum absolute atomic E-state index is 9.67. The van der Waals surface area contributed by atoms with Crippen LogP contribution in [0.5, 0.6) is 5.75 Å². The number of rotatable bonds is 2. The van der Waals surface area contributed by atoms with Crippen LogP contribution in [0.25, 0.3) is 0 Å². The molecule has 0 saturated carbocycles. The van der Waals surface area contributed by atoms with E-state index >= 15 is 0 Å². The van der Waals surface area contributed by atoms with Gasteiger partial charge in [-0.25, -0.2) is 0 Å². The van der Waals surface area contributed by atoms with Gasteiger partial charge in [0.25, 0.3) is 0 Å². The molecule has 1 aliphatic rings. The van der Waals surface area contributed by atoms with E-state index in [1.807, 2.05) is 19.1 Å². The minimum absolute atomic E-state index is 0.149. The van der Waals surface area contributed by atoms with Crippen molar-refractivity contribution in [1.29, 1.82) is 5.41 Å². The standard InChI is InChI=1S/C13H13N3O/c1-9-6-7-12(13(17)8-9)16-15-11-5-3-2-4-10(11)14/h2-8,14,16-17H,1H3/b14-10?,15-11-. The third-order valence-corrected chi connectivity index (χ3v) is 2.35. The van der Waals surface area contributed by atoms with Crippen molar-refractivity contribution in [3.63, 3.8) is 0 Å². The second-order valence-electron chi connectivity index (χ2n) is 3.76. The minimum atomic E-state index is 0.149. The van der Waals surface area contributed by atoms with Gasteiger partial charge >= 0.3 is 0 Å². The molecule has 0 radical (unpaired) electrons. The van der Waals surface area contributed by atoms with Crippen LogP contribution in [-0.4, -0.2) is 16.5 Å². The number of hydrogen-bond acceptors (Lipinski definition) is 4. The topological polar surface area (TPSA) is 68.5 Å². The maximum atomic E-state index is 9.67. The third kappa shape index (κ3) is 2.60. The zero-order chi connectivity index (χ0) is 12.3. The van der Waals surface area contributed by atoms with Crippen LogP contribution in [0, 0.1) is 12.3 Å². The Bertz CT molecular complexity index is 542. The van der Waals surface area contributed by atoms with Gasteiger partial charge in [-0.05, 0) is 36.8 Å². The van der Waals surface area contributed by atoms with Gasteiger partial charge in [0.05, 0.1) is 11.4 Å². The maximum Gasteiger partial charge on any atom is 0.140 e. The Morgan fingerprint density at radius 1 is 1.24 bits per heavy atom. The van der Waals surface area contributed by atoms with E-state index in [4.69, 9.17) is 5.41 Å². The van der Waals surface area contributed by atoms with Crippen LogP contribution in [0.3, 0.4) is 0 Å². The first-order valence-electron chi connectivity index (χ1n) is 5.24. The highest BCUT2D eigenvalue weighted by atomic mass is 16.3. The summed E-state index contributed by atoms with van der Waals surface area (Å²) >= 11 is 0. The normalized spacial score (nSPS) is 16.5. The van der Waals surface area contributed by atoms with Crippen molar-refractivity contribution in [2.24, 2.45) is 5.10 Å². The summed E-state index contributed by atoms with van der Waals surface area (Å²) in [5, 5.41) is 21.4. The van der Waals surface area contributed by atoms with E-state index in [1.54, 1.807) is 30.4 Å². The summed E-state index contributed by atoms with van der Waals surface area (Å²) in [6, 6.07) is 5.29. The molecule has 0 unspecified atom stereocenters. The highest BCUT2D eigenvalue weighted by Crippen LogP contribution is 2.23. The summed E-state index contributed by atoms with van der Waals surface area (Å²) in [4.78, 5) is 0. The van der Waals surface area contributed by atoms with Crippen molar-refractivity contribution in [2.75, 3.05) is 5.43 Å². The van der Waals surface area contributed by atoms with Gasteiger partial charge in [-0.2, -0.15) is 5.10 Å². The fraction of sp³-hybridized carbons (Fsp3) is 0.0769. The predicted molar refractivity (Wildman–Crippen MR) is 69.9 cm³/mol. The molecule has 17 heavy (non-hydrogen) atoms. The lowest BCUT2D eigenvalue weighted by molar-refractivity contribution is 0.477. The zero-order valence-electron chi connectivity index (χ0n) is 9.44. The second-order valence-corrected chi connectivity index (χ2v) is 3.76. The van der Waals surface area contributed by atoms with E-state index in [-0.39, 0.29) is 5.75 Å². The van der Waals surface area contributed by atoms with E-state index < -0.39 is 0 Å². The lowest BCUT2D eigenvalue weighted by atomic mass is 10.1. The Hall–Kier alpha value is -2.36. The Morgan fingerprint density at radius 2 is 2.00 bits per heavy atom. The number of aryl methyl sites for hydroxylation is 1. The van der Waals surface area contributed by atoms with Gasteiger partial charge < -0.3 is 5.11 Å². The average molecular weight is 227 g/mol. The fourth-order valence-corrected chi connectivity index (χ4v) is 1.43. The molecular weight excluding hydrogens is 214 g/mol. The van der Waals surface area contributed by atoms with Gasteiger partial charge in [-0.1, -0.05) is 18.2 Å². The molecule has 0 atom stereocenters. The SMILES string of the molecule is Cc1ccc(N/N=C2/C=CC=CC2=N)c(O)c1. The smallest absolute Gasteiger partial charge is 0.140 e. The molecular formula is C13H13N3O. The van der Waals surface area contributed by atoms with Gasteiger partial charge in [-0.15, -0.1) is 0 Å². The monoisotopic (exact) mass is 227 g/mol. The fourth-order valence-electron chi connectivity index (χ4n) is 1.43. The number of benzene rings is 1. The third-order valence-electron chi connectivity index (χ3n) is 2.35. The summed E-state index contributed by atoms with van der Waals surface area (Å²) < 4.78 is 0. The van der Waals surface area contributed by atoms with Crippen LogP contribution in [-0.2, 0) is 0 Å². The number of phenolic OH excluding ortho intramolecular Hbond substituents is 1. The van der Waals surface area contributed by atoms with Crippen molar-refractivity contribution in [3.05, 3.63) is 48.1 Å². The molecule has 0 aliphatic heterocycles. The first-order chi connectivity index (χ1) is 8.16. The number of hydrazone groups is 1. The Balaban J connectivity index is 2.17. The molecule has 0 spiro atoms. The van der Waals surface area contributed by atoms with Gasteiger partial charge in [0.2, 0.25) is 0 Å². The van der Waals surface area contributed by atoms with Gasteiger partial charge in [-0.3, -0.25) is 10.8 Å². The molecule has 0 saturated heterocycles. The predicted octanol–water partition coefficient (Wildman–Crippen LogP) is 2.61. The average Bonchev–Trinajstić information content (AvgIpc) is 2.30. The molecule has 2 rings (SSSR count). The Morgan fingerprint density at radius 3 is 2.71 bits per heavy atom. The highest BCUT2D eigenvalue weighted by molar-refractivity contribution is 6.50. The van der Waals surface area contributed by atoms with Crippen molar-refractivity contribution in [2.45, 2.75) is 6.92 Å². The van der Waals surface area contributed by atoms with Gasteiger partial charge in [0.15, 0.2) is 0 Å². The summed E-state index contributed by atoms with van der Waals surface area (Å²) in [7, 11) is 0. The van der Waals surface area contributed by atoms with E-state index in [0.717, 1.165) is 5.56 Å². The number of nitrogens with one attached hydrogen (secondary N) is 2. The quantitative estimate of drug-likeness (QED) is 0.413.